The van der Waals surface area contributed by atoms with Crippen LogP contribution in [0.1, 0.15) is 0 Å². The maximum absolute atomic E-state index is 10.6. The van der Waals surface area contributed by atoms with Crippen molar-refractivity contribution in [2.24, 2.45) is 0 Å². The van der Waals surface area contributed by atoms with E-state index in [1.54, 1.807) is 0 Å². The molecule has 14 heavy (non-hydrogen) atoms. The molecule has 0 bridgehead atoms. The molecule has 0 aliphatic heterocycles. The Labute approximate surface area is 78.2 Å². The van der Waals surface area contributed by atoms with Crippen molar-refractivity contribution in [2.75, 3.05) is 0 Å². The van der Waals surface area contributed by atoms with Gasteiger partial charge in [0.25, 0.3) is 0 Å². The van der Waals surface area contributed by atoms with Crippen molar-refractivity contribution in [1.82, 2.24) is 19.7 Å². The molecule has 0 fully saturated rings. The second-order valence-electron chi connectivity index (χ2n) is 2.47. The van der Waals surface area contributed by atoms with Gasteiger partial charge in [0, 0.05) is 12.3 Å². The van der Waals surface area contributed by atoms with Gasteiger partial charge < -0.3 is 0 Å². The molecule has 2 heterocycles. The summed E-state index contributed by atoms with van der Waals surface area (Å²) in [6.45, 7) is 0. The third-order valence-electron chi connectivity index (χ3n) is 1.63. The van der Waals surface area contributed by atoms with Crippen molar-refractivity contribution < 1.29 is 4.92 Å². The van der Waals surface area contributed by atoms with E-state index in [1.165, 1.54) is 35.6 Å². The predicted molar refractivity (Wildman–Crippen MR) is 45.8 cm³/mol. The lowest BCUT2D eigenvalue weighted by atomic mass is 10.4. The number of rotatable bonds is 2. The van der Waals surface area contributed by atoms with Crippen LogP contribution in [0.15, 0.2) is 31.0 Å². The van der Waals surface area contributed by atoms with Crippen molar-refractivity contribution in [3.05, 3.63) is 41.1 Å². The lowest BCUT2D eigenvalue weighted by Crippen LogP contribution is -2.00. The van der Waals surface area contributed by atoms with Gasteiger partial charge in [0.2, 0.25) is 5.82 Å². The van der Waals surface area contributed by atoms with Gasteiger partial charge in [-0.1, -0.05) is 0 Å². The Hall–Kier alpha value is -2.31. The highest BCUT2D eigenvalue weighted by molar-refractivity contribution is 5.45. The Kier molecular flexibility index (Phi) is 1.90. The van der Waals surface area contributed by atoms with E-state index < -0.39 is 4.92 Å². The molecule has 0 unspecified atom stereocenters. The molecule has 0 aliphatic rings. The van der Waals surface area contributed by atoms with E-state index in [1.807, 2.05) is 0 Å². The van der Waals surface area contributed by atoms with Crippen molar-refractivity contribution in [2.45, 2.75) is 0 Å². The highest BCUT2D eigenvalue weighted by Gasteiger charge is 2.15. The smallest absolute Gasteiger partial charge is 0.266 e. The summed E-state index contributed by atoms with van der Waals surface area (Å²) in [5.41, 5.74) is -0.0766. The van der Waals surface area contributed by atoms with Gasteiger partial charge in [-0.3, -0.25) is 14.7 Å². The maximum Gasteiger partial charge on any atom is 0.312 e. The van der Waals surface area contributed by atoms with E-state index >= 15 is 0 Å². The van der Waals surface area contributed by atoms with Gasteiger partial charge >= 0.3 is 5.69 Å². The fourth-order valence-electron chi connectivity index (χ4n) is 1.04. The van der Waals surface area contributed by atoms with Gasteiger partial charge in [0.15, 0.2) is 0 Å². The summed E-state index contributed by atoms with van der Waals surface area (Å²) in [7, 11) is 0. The number of hydrogen-bond donors (Lipinski definition) is 0. The average Bonchev–Trinajstić information content (AvgIpc) is 2.70. The lowest BCUT2D eigenvalue weighted by molar-refractivity contribution is -0.384. The Morgan fingerprint density at radius 2 is 2.07 bits per heavy atom. The summed E-state index contributed by atoms with van der Waals surface area (Å²) in [5.74, 6) is 0.211. The van der Waals surface area contributed by atoms with Crippen LogP contribution in [0, 0.1) is 10.1 Å². The summed E-state index contributed by atoms with van der Waals surface area (Å²) < 4.78 is 1.39. The fraction of sp³-hybridized carbons (Fsp3) is 0. The molecule has 0 aromatic carbocycles. The molecule has 7 heteroatoms. The molecular formula is C7H5N5O2. The van der Waals surface area contributed by atoms with Crippen LogP contribution < -0.4 is 0 Å². The molecule has 2 rings (SSSR count). The van der Waals surface area contributed by atoms with Gasteiger partial charge in [-0.15, -0.1) is 10.2 Å². The zero-order valence-electron chi connectivity index (χ0n) is 6.94. The molecule has 0 saturated carbocycles. The molecule has 0 N–H and O–H groups in total. The molecule has 0 radical (unpaired) electrons. The normalized spacial score (nSPS) is 10.0. The van der Waals surface area contributed by atoms with E-state index in [9.17, 15) is 10.1 Å². The Morgan fingerprint density at radius 1 is 1.36 bits per heavy atom. The molecule has 2 aromatic rings. The van der Waals surface area contributed by atoms with Crippen LogP contribution in [0.4, 0.5) is 5.69 Å². The number of aromatic nitrogens is 4. The van der Waals surface area contributed by atoms with Gasteiger partial charge in [-0.25, -0.2) is 4.98 Å². The summed E-state index contributed by atoms with van der Waals surface area (Å²) in [4.78, 5) is 14.0. The van der Waals surface area contributed by atoms with Gasteiger partial charge in [0.1, 0.15) is 12.7 Å². The van der Waals surface area contributed by atoms with Crippen LogP contribution in [0.2, 0.25) is 0 Å². The van der Waals surface area contributed by atoms with Crippen molar-refractivity contribution in [3.63, 3.8) is 0 Å². The van der Waals surface area contributed by atoms with Crippen LogP contribution in [0.25, 0.3) is 5.82 Å². The molecule has 0 aliphatic carbocycles. The van der Waals surface area contributed by atoms with Gasteiger partial charge in [-0.05, 0) is 6.07 Å². The number of nitrogens with zero attached hydrogens (tertiary/aromatic N) is 5. The fourth-order valence-corrected chi connectivity index (χ4v) is 1.04. The molecule has 0 amide bonds. The maximum atomic E-state index is 10.6. The third-order valence-corrected chi connectivity index (χ3v) is 1.63. The first kappa shape index (κ1) is 8.30. The third kappa shape index (κ3) is 1.30. The van der Waals surface area contributed by atoms with Crippen molar-refractivity contribution >= 4 is 5.69 Å². The number of nitro groups is 1. The second kappa shape index (κ2) is 3.21. The SMILES string of the molecule is O=[N+]([O-])c1cccnc1-n1cnnc1. The summed E-state index contributed by atoms with van der Waals surface area (Å²) in [6, 6.07) is 2.88. The van der Waals surface area contributed by atoms with E-state index in [-0.39, 0.29) is 11.5 Å². The largest absolute Gasteiger partial charge is 0.312 e. The highest BCUT2D eigenvalue weighted by Crippen LogP contribution is 2.18. The lowest BCUT2D eigenvalue weighted by Gasteiger charge is -1.99. The van der Waals surface area contributed by atoms with E-state index in [2.05, 4.69) is 15.2 Å². The minimum Gasteiger partial charge on any atom is -0.266 e. The Morgan fingerprint density at radius 3 is 2.71 bits per heavy atom. The molecule has 70 valence electrons. The van der Waals surface area contributed by atoms with Gasteiger partial charge in [0.05, 0.1) is 4.92 Å². The molecule has 0 saturated heterocycles. The van der Waals surface area contributed by atoms with E-state index in [0.717, 1.165) is 0 Å². The predicted octanol–water partition coefficient (Wildman–Crippen LogP) is 0.570. The molecule has 0 spiro atoms. The second-order valence-corrected chi connectivity index (χ2v) is 2.47. The molecule has 0 atom stereocenters. The first-order chi connectivity index (χ1) is 6.79. The van der Waals surface area contributed by atoms with Crippen molar-refractivity contribution in [3.8, 4) is 5.82 Å². The number of hydrogen-bond acceptors (Lipinski definition) is 5. The summed E-state index contributed by atoms with van der Waals surface area (Å²) >= 11 is 0. The van der Waals surface area contributed by atoms with E-state index in [4.69, 9.17) is 0 Å². The van der Waals surface area contributed by atoms with Crippen LogP contribution in [-0.2, 0) is 0 Å². The zero-order chi connectivity index (χ0) is 9.97. The highest BCUT2D eigenvalue weighted by atomic mass is 16.6. The Bertz CT molecular complexity index is 453. The molecule has 7 nitrogen and oxygen atoms in total. The van der Waals surface area contributed by atoms with Crippen molar-refractivity contribution in [1.29, 1.82) is 0 Å². The minimum atomic E-state index is -0.498. The average molecular weight is 191 g/mol. The summed E-state index contributed by atoms with van der Waals surface area (Å²) in [5, 5.41) is 17.7. The Balaban J connectivity index is 2.58. The number of pyridine rings is 1. The molecular weight excluding hydrogens is 186 g/mol. The molecule has 2 aromatic heterocycles. The standard InChI is InChI=1S/C7H5N5O2/c13-12(14)6-2-1-3-8-7(6)11-4-9-10-5-11/h1-5H. The summed E-state index contributed by atoms with van der Waals surface area (Å²) in [6.07, 6.45) is 4.19. The van der Waals surface area contributed by atoms with Gasteiger partial charge in [-0.2, -0.15) is 0 Å². The zero-order valence-corrected chi connectivity index (χ0v) is 6.94. The monoisotopic (exact) mass is 191 g/mol. The van der Waals surface area contributed by atoms with Crippen LogP contribution in [-0.4, -0.2) is 24.7 Å². The van der Waals surface area contributed by atoms with Crippen LogP contribution in [0.3, 0.4) is 0 Å². The topological polar surface area (TPSA) is 86.7 Å². The minimum absolute atomic E-state index is 0.0766. The first-order valence-corrected chi connectivity index (χ1v) is 3.73. The quantitative estimate of drug-likeness (QED) is 0.511. The van der Waals surface area contributed by atoms with E-state index in [0.29, 0.717) is 0 Å². The first-order valence-electron chi connectivity index (χ1n) is 3.73. The van der Waals surface area contributed by atoms with Crippen LogP contribution in [0.5, 0.6) is 0 Å². The van der Waals surface area contributed by atoms with Crippen LogP contribution >= 0.6 is 0 Å².